The molecular formula is C29H32ClN6O7S2+. The molecule has 0 saturated carbocycles. The van der Waals surface area contributed by atoms with Crippen molar-refractivity contribution in [2.24, 2.45) is 0 Å². The second kappa shape index (κ2) is 11.5. The number of nitrogen functional groups attached to an aromatic ring is 1. The zero-order valence-electron chi connectivity index (χ0n) is 24.2. The van der Waals surface area contributed by atoms with Gasteiger partial charge in [0.05, 0.1) is 41.0 Å². The summed E-state index contributed by atoms with van der Waals surface area (Å²) in [5, 5.41) is 36.6. The van der Waals surface area contributed by atoms with Gasteiger partial charge >= 0.3 is 5.97 Å². The predicted molar refractivity (Wildman–Crippen MR) is 168 cm³/mol. The Bertz CT molecular complexity index is 1660. The second-order valence-corrected chi connectivity index (χ2v) is 14.4. The number of nitrogens with zero attached hydrogens (tertiary/aromatic N) is 3. The number of thiazole rings is 1. The van der Waals surface area contributed by atoms with Crippen LogP contribution in [0.1, 0.15) is 41.7 Å². The minimum Gasteiger partial charge on any atom is -0.504 e. The van der Waals surface area contributed by atoms with Gasteiger partial charge in [0.25, 0.3) is 17.7 Å². The summed E-state index contributed by atoms with van der Waals surface area (Å²) in [6, 6.07) is 1.82. The number of rotatable bonds is 8. The van der Waals surface area contributed by atoms with Crippen LogP contribution >= 0.6 is 34.7 Å². The molecule has 6 atom stereocenters. The summed E-state index contributed by atoms with van der Waals surface area (Å²) in [4.78, 5) is 56.9. The van der Waals surface area contributed by atoms with E-state index >= 15 is 0 Å². The smallest absolute Gasteiger partial charge is 0.352 e. The van der Waals surface area contributed by atoms with Crippen molar-refractivity contribution in [1.82, 2.24) is 20.5 Å². The van der Waals surface area contributed by atoms with Crippen LogP contribution in [0.25, 0.3) is 5.57 Å². The number of aromatic hydroxyl groups is 2. The summed E-state index contributed by atoms with van der Waals surface area (Å²) in [7, 11) is 2.11. The third-order valence-corrected chi connectivity index (χ3v) is 11.9. The van der Waals surface area contributed by atoms with Gasteiger partial charge in [-0.2, -0.15) is 0 Å². The molecule has 238 valence electrons. The van der Waals surface area contributed by atoms with Crippen LogP contribution in [0.5, 0.6) is 11.5 Å². The van der Waals surface area contributed by atoms with Crippen molar-refractivity contribution >= 4 is 69.1 Å². The van der Waals surface area contributed by atoms with Crippen LogP contribution in [-0.2, 0) is 14.4 Å². The maximum absolute atomic E-state index is 13.2. The maximum atomic E-state index is 13.2. The Morgan fingerprint density at radius 2 is 1.89 bits per heavy atom. The number of carboxylic acids is 1. The van der Waals surface area contributed by atoms with Gasteiger partial charge in [-0.3, -0.25) is 19.3 Å². The molecule has 4 aliphatic rings. The van der Waals surface area contributed by atoms with Gasteiger partial charge in [0.2, 0.25) is 0 Å². The quantitative estimate of drug-likeness (QED) is 0.104. The number of halogens is 1. The van der Waals surface area contributed by atoms with Crippen molar-refractivity contribution in [3.63, 3.8) is 0 Å². The van der Waals surface area contributed by atoms with Gasteiger partial charge in [-0.05, 0) is 12.1 Å². The number of fused-ring (bicyclic) bond motifs is 3. The first kappa shape index (κ1) is 31.2. The number of quaternary nitrogens is 1. The van der Waals surface area contributed by atoms with Crippen LogP contribution in [0, 0.1) is 0 Å². The Balaban J connectivity index is 1.14. The fourth-order valence-corrected chi connectivity index (χ4v) is 9.26. The number of carbonyl (C=O) groups is 4. The van der Waals surface area contributed by atoms with Gasteiger partial charge in [0, 0.05) is 48.4 Å². The lowest BCUT2D eigenvalue weighted by Gasteiger charge is -2.52. The molecule has 6 rings (SSSR count). The molecule has 13 nitrogen and oxygen atoms in total. The molecule has 2 aromatic rings. The summed E-state index contributed by atoms with van der Waals surface area (Å²) < 4.78 is 0.600. The minimum atomic E-state index is -1.19. The zero-order chi connectivity index (χ0) is 32.4. The molecule has 5 heterocycles. The molecule has 45 heavy (non-hydrogen) atoms. The predicted octanol–water partition coefficient (Wildman–Crippen LogP) is 2.11. The number of aliphatic carboxylic acids is 1. The number of piperidine rings is 1. The highest BCUT2D eigenvalue weighted by molar-refractivity contribution is 8.00. The summed E-state index contributed by atoms with van der Waals surface area (Å²) >= 11 is 8.68. The molecule has 0 spiro atoms. The van der Waals surface area contributed by atoms with E-state index in [0.717, 1.165) is 12.8 Å². The molecule has 16 heteroatoms. The molecule has 0 radical (unpaired) electrons. The molecule has 0 aliphatic carbocycles. The largest absolute Gasteiger partial charge is 0.504 e. The topological polar surface area (TPSA) is 195 Å². The number of amides is 3. The van der Waals surface area contributed by atoms with Crippen LogP contribution < -0.4 is 16.4 Å². The second-order valence-electron chi connectivity index (χ2n) is 12.0. The van der Waals surface area contributed by atoms with Crippen molar-refractivity contribution in [1.29, 1.82) is 0 Å². The van der Waals surface area contributed by atoms with Crippen LogP contribution in [0.15, 0.2) is 35.4 Å². The van der Waals surface area contributed by atoms with E-state index in [1.165, 1.54) is 40.1 Å². The first-order valence-corrected chi connectivity index (χ1v) is 16.6. The molecular weight excluding hydrogens is 644 g/mol. The fraction of sp³-hybridized carbons (Fsp3) is 0.414. The molecule has 1 unspecified atom stereocenters. The van der Waals surface area contributed by atoms with Gasteiger partial charge in [-0.1, -0.05) is 18.2 Å². The highest BCUT2D eigenvalue weighted by Gasteiger charge is 2.57. The number of hydrogen-bond donors (Lipinski definition) is 6. The van der Waals surface area contributed by atoms with Crippen LogP contribution in [0.4, 0.5) is 5.13 Å². The van der Waals surface area contributed by atoms with E-state index < -0.39 is 46.6 Å². The van der Waals surface area contributed by atoms with E-state index in [4.69, 9.17) is 17.3 Å². The number of nitrogens with two attached hydrogens (primary N) is 1. The lowest BCUT2D eigenvalue weighted by atomic mass is 9.92. The monoisotopic (exact) mass is 675 g/mol. The van der Waals surface area contributed by atoms with E-state index in [9.17, 15) is 34.5 Å². The Labute approximate surface area is 271 Å². The first-order chi connectivity index (χ1) is 21.3. The number of phenols is 2. The molecule has 7 N–H and O–H groups in total. The average Bonchev–Trinajstić information content (AvgIpc) is 3.47. The molecule has 1 aromatic heterocycles. The van der Waals surface area contributed by atoms with Crippen molar-refractivity contribution in [3.8, 4) is 11.5 Å². The number of phenolic OH excluding ortho intramolecular Hbond substituents is 2. The van der Waals surface area contributed by atoms with Crippen LogP contribution in [0.3, 0.4) is 0 Å². The number of thioether (sulfide) groups is 1. The molecule has 2 bridgehead atoms. The highest BCUT2D eigenvalue weighted by Crippen LogP contribution is 2.46. The Morgan fingerprint density at radius 1 is 1.20 bits per heavy atom. The highest BCUT2D eigenvalue weighted by atomic mass is 35.5. The number of carbonyl (C=O) groups excluding carboxylic acids is 3. The third-order valence-electron chi connectivity index (χ3n) is 9.46. The van der Waals surface area contributed by atoms with Gasteiger partial charge in [0.15, 0.2) is 16.6 Å². The Kier molecular flexibility index (Phi) is 8.00. The van der Waals surface area contributed by atoms with E-state index in [-0.39, 0.29) is 45.1 Å². The van der Waals surface area contributed by atoms with E-state index in [0.29, 0.717) is 40.9 Å². The fourth-order valence-electron chi connectivity index (χ4n) is 7.10. The van der Waals surface area contributed by atoms with Gasteiger partial charge in [0.1, 0.15) is 23.7 Å². The normalized spacial score (nSPS) is 28.7. The number of aromatic nitrogens is 1. The zero-order valence-corrected chi connectivity index (χ0v) is 26.5. The Hall–Kier alpha value is -3.79. The van der Waals surface area contributed by atoms with Gasteiger partial charge in [-0.15, -0.1) is 23.1 Å². The number of hydrogen-bond acceptors (Lipinski definition) is 10. The average molecular weight is 676 g/mol. The van der Waals surface area contributed by atoms with Crippen molar-refractivity contribution in [2.45, 2.75) is 55.2 Å². The molecule has 4 aliphatic heterocycles. The van der Waals surface area contributed by atoms with Crippen LogP contribution in [-0.4, -0.2) is 102 Å². The number of β-lactam (4-membered cyclic amide) rings is 1. The van der Waals surface area contributed by atoms with Crippen molar-refractivity contribution in [3.05, 3.63) is 51.6 Å². The maximum Gasteiger partial charge on any atom is 0.352 e. The van der Waals surface area contributed by atoms with Crippen molar-refractivity contribution in [2.75, 3.05) is 25.1 Å². The third kappa shape index (κ3) is 5.30. The summed E-state index contributed by atoms with van der Waals surface area (Å²) in [6.45, 7) is 4.21. The standard InChI is InChI=1S/C29H31ClN6O7S2/c1-12(18-11-45-29(31)33-18)24(39)34-21-26(41)35-22(28(42)43)13(10-44-27(21)35)9-36(2)15-3-4-16(36)8-14(7-15)32-25(40)17-5-6-19(37)23(38)20(17)30/h5-6,11,14-16,21,27H,1,3-4,7-10H2,2H3,(H6-,31,32,33,34,37,38,39,40,42,43)/p+1/t14-,15+,16-,21-,27-,36?/m1/s1. The molecule has 1 aromatic carbocycles. The van der Waals surface area contributed by atoms with Gasteiger partial charge in [-0.25, -0.2) is 9.78 Å². The molecule has 3 fully saturated rings. The number of carboxylic acid groups (broad SMARTS) is 1. The lowest BCUT2D eigenvalue weighted by Crippen LogP contribution is -2.71. The van der Waals surface area contributed by atoms with E-state index in [1.807, 2.05) is 0 Å². The first-order valence-electron chi connectivity index (χ1n) is 14.3. The number of anilines is 1. The Morgan fingerprint density at radius 3 is 2.51 bits per heavy atom. The molecule has 3 amide bonds. The van der Waals surface area contributed by atoms with Gasteiger partial charge < -0.3 is 36.2 Å². The van der Waals surface area contributed by atoms with E-state index in [2.05, 4.69) is 29.2 Å². The lowest BCUT2D eigenvalue weighted by molar-refractivity contribution is -0.944. The number of benzene rings is 1. The van der Waals surface area contributed by atoms with Crippen LogP contribution in [0.2, 0.25) is 5.02 Å². The SMILES string of the molecule is C=C(C(=O)N[C@@H]1C(=O)N2C(C(=O)O)=C(C[N+]3(C)[C@@H]4CC[C@H]3C[C@@H](NC(=O)c3ccc(O)c(O)c3Cl)C4)CS[C@H]12)c1csc(N)n1. The summed E-state index contributed by atoms with van der Waals surface area (Å²) in [6.07, 6.45) is 3.14. The van der Waals surface area contributed by atoms with Crippen molar-refractivity contribution < 1.29 is 39.0 Å². The molecule has 3 saturated heterocycles. The summed E-state index contributed by atoms with van der Waals surface area (Å²) in [5.74, 6) is -3.27. The number of likely N-dealkylation sites (N-methyl/N-ethyl adjacent to an activating group) is 1. The minimum absolute atomic E-state index is 0.0312. The number of nitrogens with one attached hydrogen (secondary N) is 2. The summed E-state index contributed by atoms with van der Waals surface area (Å²) in [5.41, 5.74) is 6.75. The van der Waals surface area contributed by atoms with E-state index in [1.54, 1.807) is 5.38 Å².